The topological polar surface area (TPSA) is 0 Å². The third kappa shape index (κ3) is 8.29. The Morgan fingerprint density at radius 1 is 0.377 bits per heavy atom. The van der Waals surface area contributed by atoms with Gasteiger partial charge in [-0.1, -0.05) is 73.8 Å². The Kier molecular flexibility index (Phi) is 12.7. The first-order valence-corrected chi connectivity index (χ1v) is 14.5. The Labute approximate surface area is 330 Å². The van der Waals surface area contributed by atoms with Crippen LogP contribution in [0, 0.1) is 10.4 Å². The zero-order valence-electron chi connectivity index (χ0n) is 26.4. The maximum atomic E-state index is 14.4. The van der Waals surface area contributed by atoms with Crippen LogP contribution in [0.25, 0.3) is 57.0 Å². The van der Waals surface area contributed by atoms with Gasteiger partial charge in [-0.15, -0.1) is 0 Å². The van der Waals surface area contributed by atoms with E-state index in [9.17, 15) is 52.7 Å². The molecule has 0 aliphatic heterocycles. The minimum absolute atomic E-state index is 0. The van der Waals surface area contributed by atoms with Crippen molar-refractivity contribution in [3.8, 4) is 22.3 Å². The summed E-state index contributed by atoms with van der Waals surface area (Å²) in [5.74, 6) is 0. The van der Waals surface area contributed by atoms with E-state index < -0.39 is 58.1 Å². The summed E-state index contributed by atoms with van der Waals surface area (Å²) < 4.78 is 167. The van der Waals surface area contributed by atoms with Crippen molar-refractivity contribution in [3.05, 3.63) is 140 Å². The summed E-state index contributed by atoms with van der Waals surface area (Å²) in [5, 5.41) is 1.41. The fourth-order valence-electron chi connectivity index (χ4n) is 6.21. The minimum atomic E-state index is -5.24. The van der Waals surface area contributed by atoms with Crippen LogP contribution in [0.3, 0.4) is 0 Å². The predicted molar refractivity (Wildman–Crippen MR) is 172 cm³/mol. The van der Waals surface area contributed by atoms with Crippen LogP contribution in [0.2, 0.25) is 0 Å². The van der Waals surface area contributed by atoms with Crippen LogP contribution < -0.4 is 44.4 Å². The van der Waals surface area contributed by atoms with E-state index >= 15 is 0 Å². The molecule has 2 radical (unpaired) electrons. The second-order valence-corrected chi connectivity index (χ2v) is 11.5. The fraction of sp³-hybridized carbons (Fsp3) is 0.105. The monoisotopic (exact) mass is 982 g/mol. The quantitative estimate of drug-likeness (QED) is 0.167. The maximum Gasteiger partial charge on any atom is 2.00 e. The number of benzene rings is 6. The number of alkyl halides is 12. The largest absolute Gasteiger partial charge is 2.00 e. The van der Waals surface area contributed by atoms with Crippen molar-refractivity contribution >= 4 is 58.6 Å². The van der Waals surface area contributed by atoms with Gasteiger partial charge in [0.05, 0.1) is 22.3 Å². The molecule has 0 aliphatic carbocycles. The fourth-order valence-corrected chi connectivity index (χ4v) is 6.21. The summed E-state index contributed by atoms with van der Waals surface area (Å²) in [6, 6.07) is 17.6. The number of hydrogen-bond donors (Lipinski definition) is 0. The van der Waals surface area contributed by atoms with E-state index in [0.717, 1.165) is 0 Å². The van der Waals surface area contributed by atoms with Crippen LogP contribution in [0.15, 0.2) is 97.1 Å². The van der Waals surface area contributed by atoms with Gasteiger partial charge >= 0.3 is 48.6 Å². The average Bonchev–Trinajstić information content (AvgIpc) is 3.02. The van der Waals surface area contributed by atoms with Crippen molar-refractivity contribution in [2.75, 3.05) is 0 Å². The van der Waals surface area contributed by atoms with Gasteiger partial charge in [-0.2, -0.15) is 52.7 Å². The Bertz CT molecular complexity index is 2360. The normalized spacial score (nSPS) is 12.9. The van der Waals surface area contributed by atoms with Gasteiger partial charge in [0.25, 0.3) is 0 Å². The summed E-state index contributed by atoms with van der Waals surface area (Å²) in [5.41, 5.74) is -7.92. The molecule has 6 aromatic carbocycles. The number of halogens is 14. The molecule has 0 aliphatic rings. The number of rotatable bonds is 2. The van der Waals surface area contributed by atoms with Crippen LogP contribution in [-0.2, 0) is 24.7 Å². The van der Waals surface area contributed by atoms with E-state index in [1.165, 1.54) is 24.3 Å². The van der Waals surface area contributed by atoms with Gasteiger partial charge in [-0.3, -0.25) is 0 Å². The van der Waals surface area contributed by atoms with Crippen molar-refractivity contribution in [2.45, 2.75) is 24.7 Å². The predicted octanol–water partition coefficient (Wildman–Crippen LogP) is 5.14. The standard InChI is InChI=1S/C38H20F12.2BrH.Sn/c1-19-29(27-13-11-23(35(39,40)41)17-31(27)37(45,46)47)15-21-7-3-5-9-25(21)33(19)34-20(2)30(16-22-8-4-6-10-26(22)34)28-14-12-24(36(42,43)44)18-32(28)38(48,49)50;;;/h3-18H,1-2H2;2*1H;/q;;;+2/p-2. The second-order valence-electron chi connectivity index (χ2n) is 11.5. The summed E-state index contributed by atoms with van der Waals surface area (Å²) in [4.78, 5) is 0. The maximum absolute atomic E-state index is 14.4. The van der Waals surface area contributed by atoms with E-state index in [-0.39, 0.29) is 102 Å². The van der Waals surface area contributed by atoms with Gasteiger partial charge < -0.3 is 34.0 Å². The van der Waals surface area contributed by atoms with Crippen molar-refractivity contribution in [1.29, 1.82) is 0 Å². The molecule has 0 nitrogen and oxygen atoms in total. The van der Waals surface area contributed by atoms with Gasteiger partial charge in [0.15, 0.2) is 0 Å². The molecule has 53 heavy (non-hydrogen) atoms. The van der Waals surface area contributed by atoms with Crippen molar-refractivity contribution in [2.24, 2.45) is 0 Å². The molecule has 0 saturated carbocycles. The molecule has 15 heteroatoms. The van der Waals surface area contributed by atoms with Crippen LogP contribution in [0.1, 0.15) is 22.3 Å². The molecule has 6 rings (SSSR count). The SMILES string of the molecule is C=c1c(-c2ccc(C(F)(F)F)cc2C(F)(F)F)cc2ccccc2c1=c1c(=C)c(-c2ccc(C(F)(F)F)cc2C(F)(F)F)cc2ccccc12.[Br-].[Br-].[Sn+2]. The Morgan fingerprint density at radius 3 is 1.00 bits per heavy atom. The van der Waals surface area contributed by atoms with Crippen molar-refractivity contribution in [3.63, 3.8) is 0 Å². The van der Waals surface area contributed by atoms with Crippen molar-refractivity contribution in [1.82, 2.24) is 0 Å². The third-order valence-electron chi connectivity index (χ3n) is 8.45. The first-order valence-electron chi connectivity index (χ1n) is 14.5. The first-order chi connectivity index (χ1) is 23.2. The average molecular weight is 983 g/mol. The van der Waals surface area contributed by atoms with E-state index in [2.05, 4.69) is 13.2 Å². The summed E-state index contributed by atoms with van der Waals surface area (Å²) in [7, 11) is 0. The van der Waals surface area contributed by atoms with E-state index in [1.807, 2.05) is 0 Å². The molecule has 0 unspecified atom stereocenters. The zero-order valence-corrected chi connectivity index (χ0v) is 32.5. The van der Waals surface area contributed by atoms with Crippen LogP contribution >= 0.6 is 0 Å². The molecule has 0 saturated heterocycles. The van der Waals surface area contributed by atoms with Crippen LogP contribution in [0.4, 0.5) is 52.7 Å². The van der Waals surface area contributed by atoms with E-state index in [1.54, 1.807) is 36.4 Å². The smallest absolute Gasteiger partial charge is 1.00 e. The molecule has 0 N–H and O–H groups in total. The molecular formula is C38H20Br2F12Sn. The van der Waals surface area contributed by atoms with E-state index in [4.69, 9.17) is 0 Å². The van der Waals surface area contributed by atoms with Crippen LogP contribution in [0.5, 0.6) is 0 Å². The van der Waals surface area contributed by atoms with Crippen LogP contribution in [-0.4, -0.2) is 23.9 Å². The number of fused-ring (bicyclic) bond motifs is 2. The minimum Gasteiger partial charge on any atom is -1.00 e. The third-order valence-corrected chi connectivity index (χ3v) is 8.45. The van der Waals surface area contributed by atoms with Crippen molar-refractivity contribution < 1.29 is 86.6 Å². The van der Waals surface area contributed by atoms with E-state index in [0.29, 0.717) is 45.8 Å². The molecular weight excluding hydrogens is 963 g/mol. The second kappa shape index (κ2) is 15.3. The molecule has 0 bridgehead atoms. The molecule has 6 aromatic rings. The molecule has 0 heterocycles. The Morgan fingerprint density at radius 2 is 0.698 bits per heavy atom. The summed E-state index contributed by atoms with van der Waals surface area (Å²) in [6.07, 6.45) is -20.7. The van der Waals surface area contributed by atoms with Gasteiger partial charge in [-0.25, -0.2) is 0 Å². The van der Waals surface area contributed by atoms with Gasteiger partial charge in [0.2, 0.25) is 0 Å². The Balaban J connectivity index is 0.00000252. The zero-order chi connectivity index (χ0) is 36.6. The Hall–Kier alpha value is -3.50. The molecule has 0 amide bonds. The molecule has 0 atom stereocenters. The van der Waals surface area contributed by atoms with Gasteiger partial charge in [0.1, 0.15) is 0 Å². The number of hydrogen-bond acceptors (Lipinski definition) is 0. The molecule has 0 fully saturated rings. The summed E-state index contributed by atoms with van der Waals surface area (Å²) >= 11 is 0. The first kappa shape index (κ1) is 43.9. The summed E-state index contributed by atoms with van der Waals surface area (Å²) in [6.45, 7) is 8.08. The molecule has 274 valence electrons. The molecule has 0 spiro atoms. The molecule has 0 aromatic heterocycles. The van der Waals surface area contributed by atoms with Gasteiger partial charge in [-0.05, 0) is 101 Å². The van der Waals surface area contributed by atoms with Gasteiger partial charge in [0, 0.05) is 0 Å².